The fourth-order valence-corrected chi connectivity index (χ4v) is 3.57. The molecule has 2 fully saturated rings. The van der Waals surface area contributed by atoms with Crippen molar-refractivity contribution in [3.63, 3.8) is 0 Å². The molecule has 106 valence electrons. The van der Waals surface area contributed by atoms with Crippen molar-refractivity contribution in [1.29, 1.82) is 0 Å². The maximum atomic E-state index is 5.60. The van der Waals surface area contributed by atoms with Gasteiger partial charge in [0.05, 0.1) is 0 Å². The number of rotatable bonds is 5. The number of likely N-dealkylation sites (tertiary alicyclic amines) is 2. The van der Waals surface area contributed by atoms with Gasteiger partial charge < -0.3 is 15.5 Å². The Morgan fingerprint density at radius 1 is 1.06 bits per heavy atom. The average Bonchev–Trinajstić information content (AvgIpc) is 2.46. The zero-order chi connectivity index (χ0) is 12.8. The number of hydrogen-bond acceptors (Lipinski definition) is 3. The molecule has 0 saturated carbocycles. The van der Waals surface area contributed by atoms with Crippen LogP contribution in [0.4, 0.5) is 0 Å². The molecule has 1 atom stereocenters. The second kappa shape index (κ2) is 7.46. The van der Waals surface area contributed by atoms with Crippen molar-refractivity contribution < 1.29 is 0 Å². The van der Waals surface area contributed by atoms with Gasteiger partial charge in [-0.2, -0.15) is 0 Å². The van der Waals surface area contributed by atoms with E-state index in [2.05, 4.69) is 16.7 Å². The topological polar surface area (TPSA) is 32.5 Å². The molecular weight excluding hydrogens is 222 g/mol. The molecule has 0 aliphatic carbocycles. The van der Waals surface area contributed by atoms with Crippen molar-refractivity contribution >= 4 is 0 Å². The van der Waals surface area contributed by atoms with Crippen LogP contribution in [-0.4, -0.2) is 54.6 Å². The van der Waals surface area contributed by atoms with E-state index in [1.165, 1.54) is 71.1 Å². The third kappa shape index (κ3) is 3.94. The summed E-state index contributed by atoms with van der Waals surface area (Å²) in [5.41, 5.74) is 5.60. The molecule has 0 spiro atoms. The van der Waals surface area contributed by atoms with Crippen LogP contribution in [0.15, 0.2) is 0 Å². The van der Waals surface area contributed by atoms with E-state index in [9.17, 15) is 0 Å². The molecule has 2 heterocycles. The maximum Gasteiger partial charge on any atom is 0.0120 e. The molecule has 1 unspecified atom stereocenters. The number of piperidine rings is 2. The van der Waals surface area contributed by atoms with E-state index in [4.69, 9.17) is 5.73 Å². The zero-order valence-corrected chi connectivity index (χ0v) is 12.1. The first-order valence-corrected chi connectivity index (χ1v) is 7.99. The van der Waals surface area contributed by atoms with Crippen LogP contribution < -0.4 is 5.73 Å². The van der Waals surface area contributed by atoms with Gasteiger partial charge in [0.1, 0.15) is 0 Å². The third-order valence-electron chi connectivity index (χ3n) is 4.86. The van der Waals surface area contributed by atoms with Crippen molar-refractivity contribution in [3.8, 4) is 0 Å². The minimum atomic E-state index is 0.732. The quantitative estimate of drug-likeness (QED) is 0.814. The van der Waals surface area contributed by atoms with E-state index in [-0.39, 0.29) is 0 Å². The van der Waals surface area contributed by atoms with Gasteiger partial charge in [-0.1, -0.05) is 6.42 Å². The normalized spacial score (nSPS) is 26.3. The zero-order valence-electron chi connectivity index (χ0n) is 12.1. The molecule has 0 aromatic heterocycles. The van der Waals surface area contributed by atoms with Gasteiger partial charge in [-0.3, -0.25) is 0 Å². The summed E-state index contributed by atoms with van der Waals surface area (Å²) >= 11 is 0. The lowest BCUT2D eigenvalue weighted by molar-refractivity contribution is 0.0737. The third-order valence-corrected chi connectivity index (χ3v) is 4.86. The molecule has 3 nitrogen and oxygen atoms in total. The molecule has 2 saturated heterocycles. The van der Waals surface area contributed by atoms with Gasteiger partial charge in [-0.05, 0) is 78.2 Å². The summed E-state index contributed by atoms with van der Waals surface area (Å²) in [5.74, 6) is 0. The Morgan fingerprint density at radius 2 is 1.72 bits per heavy atom. The molecule has 2 aliphatic heterocycles. The molecule has 0 radical (unpaired) electrons. The number of nitrogens with zero attached hydrogens (tertiary/aromatic N) is 2. The Hall–Kier alpha value is -0.120. The number of nitrogens with two attached hydrogens (primary N) is 1. The predicted molar refractivity (Wildman–Crippen MR) is 77.8 cm³/mol. The summed E-state index contributed by atoms with van der Waals surface area (Å²) < 4.78 is 0. The van der Waals surface area contributed by atoms with Crippen LogP contribution in [-0.2, 0) is 0 Å². The molecule has 0 bridgehead atoms. The molecule has 0 aromatic rings. The Morgan fingerprint density at radius 3 is 2.33 bits per heavy atom. The van der Waals surface area contributed by atoms with E-state index >= 15 is 0 Å². The van der Waals surface area contributed by atoms with Crippen LogP contribution >= 0.6 is 0 Å². The predicted octanol–water partition coefficient (Wildman–Crippen LogP) is 2.06. The molecule has 3 heteroatoms. The lowest BCUT2D eigenvalue weighted by Gasteiger charge is -2.42. The van der Waals surface area contributed by atoms with Crippen LogP contribution in [0, 0.1) is 0 Å². The Bertz CT molecular complexity index is 218. The number of hydrogen-bond donors (Lipinski definition) is 1. The fourth-order valence-electron chi connectivity index (χ4n) is 3.57. The summed E-state index contributed by atoms with van der Waals surface area (Å²) in [5, 5.41) is 0. The van der Waals surface area contributed by atoms with Gasteiger partial charge in [0.2, 0.25) is 0 Å². The van der Waals surface area contributed by atoms with E-state index < -0.39 is 0 Å². The highest BCUT2D eigenvalue weighted by Gasteiger charge is 2.27. The SMILES string of the molecule is CC(CCCN)N1CCC(N2CCCCC2)CC1. The fraction of sp³-hybridized carbons (Fsp3) is 1.00. The van der Waals surface area contributed by atoms with E-state index in [1.54, 1.807) is 0 Å². The van der Waals surface area contributed by atoms with Crippen LogP contribution in [0.25, 0.3) is 0 Å². The van der Waals surface area contributed by atoms with Crippen LogP contribution in [0.2, 0.25) is 0 Å². The van der Waals surface area contributed by atoms with Crippen LogP contribution in [0.3, 0.4) is 0 Å². The summed E-state index contributed by atoms with van der Waals surface area (Å²) in [7, 11) is 0. The van der Waals surface area contributed by atoms with Gasteiger partial charge in [-0.25, -0.2) is 0 Å². The molecule has 18 heavy (non-hydrogen) atoms. The first kappa shape index (κ1) is 14.3. The lowest BCUT2D eigenvalue weighted by Crippen LogP contribution is -2.48. The average molecular weight is 253 g/mol. The minimum Gasteiger partial charge on any atom is -0.330 e. The molecule has 2 N–H and O–H groups in total. The van der Waals surface area contributed by atoms with Crippen molar-refractivity contribution in [2.45, 2.75) is 64.0 Å². The molecule has 0 aromatic carbocycles. The van der Waals surface area contributed by atoms with Crippen molar-refractivity contribution in [1.82, 2.24) is 9.80 Å². The van der Waals surface area contributed by atoms with E-state index in [1.807, 2.05) is 0 Å². The Kier molecular flexibility index (Phi) is 5.93. The van der Waals surface area contributed by atoms with Crippen molar-refractivity contribution in [2.75, 3.05) is 32.7 Å². The summed E-state index contributed by atoms with van der Waals surface area (Å²) in [6.45, 7) is 8.52. The monoisotopic (exact) mass is 253 g/mol. The van der Waals surface area contributed by atoms with Crippen LogP contribution in [0.1, 0.15) is 51.9 Å². The molecule has 2 aliphatic rings. The summed E-state index contributed by atoms with van der Waals surface area (Å²) in [6, 6.07) is 1.61. The first-order valence-electron chi connectivity index (χ1n) is 7.99. The highest BCUT2D eigenvalue weighted by molar-refractivity contribution is 4.83. The largest absolute Gasteiger partial charge is 0.330 e. The smallest absolute Gasteiger partial charge is 0.0120 e. The summed E-state index contributed by atoms with van der Waals surface area (Å²) in [4.78, 5) is 5.43. The first-order chi connectivity index (χ1) is 8.81. The van der Waals surface area contributed by atoms with E-state index in [0.29, 0.717) is 0 Å². The minimum absolute atomic E-state index is 0.732. The van der Waals surface area contributed by atoms with Gasteiger partial charge in [0.25, 0.3) is 0 Å². The van der Waals surface area contributed by atoms with Gasteiger partial charge in [-0.15, -0.1) is 0 Å². The highest BCUT2D eigenvalue weighted by Crippen LogP contribution is 2.22. The molecule has 0 amide bonds. The molecular formula is C15H31N3. The lowest BCUT2D eigenvalue weighted by atomic mass is 9.98. The molecule has 2 rings (SSSR count). The maximum absolute atomic E-state index is 5.60. The van der Waals surface area contributed by atoms with Crippen molar-refractivity contribution in [2.24, 2.45) is 5.73 Å². The Labute approximate surface area is 113 Å². The van der Waals surface area contributed by atoms with Gasteiger partial charge in [0, 0.05) is 12.1 Å². The summed E-state index contributed by atoms with van der Waals surface area (Å²) in [6.07, 6.45) is 9.50. The van der Waals surface area contributed by atoms with Gasteiger partial charge in [0.15, 0.2) is 0 Å². The van der Waals surface area contributed by atoms with E-state index in [0.717, 1.165) is 18.6 Å². The Balaban J connectivity index is 1.70. The van der Waals surface area contributed by atoms with Gasteiger partial charge >= 0.3 is 0 Å². The standard InChI is InChI=1S/C15H31N3/c1-14(6-5-9-16)17-12-7-15(8-13-17)18-10-3-2-4-11-18/h14-15H,2-13,16H2,1H3. The highest BCUT2D eigenvalue weighted by atomic mass is 15.2. The van der Waals surface area contributed by atoms with Crippen molar-refractivity contribution in [3.05, 3.63) is 0 Å². The second-order valence-corrected chi connectivity index (χ2v) is 6.14. The second-order valence-electron chi connectivity index (χ2n) is 6.14. The van der Waals surface area contributed by atoms with Crippen LogP contribution in [0.5, 0.6) is 0 Å².